The highest BCUT2D eigenvalue weighted by molar-refractivity contribution is 6.30. The predicted octanol–water partition coefficient (Wildman–Crippen LogP) is 2.08. The Morgan fingerprint density at radius 1 is 1.17 bits per heavy atom. The van der Waals surface area contributed by atoms with Crippen LogP contribution >= 0.6 is 11.6 Å². The van der Waals surface area contributed by atoms with Crippen LogP contribution < -0.4 is 10.6 Å². The highest BCUT2D eigenvalue weighted by Crippen LogP contribution is 2.09. The molecule has 7 heteroatoms. The normalized spacial score (nSPS) is 13.0. The first-order chi connectivity index (χ1) is 10.8. The van der Waals surface area contributed by atoms with Gasteiger partial charge in [-0.2, -0.15) is 0 Å². The van der Waals surface area contributed by atoms with Crippen molar-refractivity contribution >= 4 is 29.4 Å². The van der Waals surface area contributed by atoms with Crippen molar-refractivity contribution in [3.63, 3.8) is 0 Å². The van der Waals surface area contributed by atoms with E-state index in [1.807, 2.05) is 0 Å². The van der Waals surface area contributed by atoms with Crippen molar-refractivity contribution in [2.75, 3.05) is 6.54 Å². The lowest BCUT2D eigenvalue weighted by molar-refractivity contribution is -0.142. The number of carboxylic acid groups (broad SMARTS) is 1. The summed E-state index contributed by atoms with van der Waals surface area (Å²) in [5, 5.41) is 14.8. The van der Waals surface area contributed by atoms with E-state index in [1.165, 1.54) is 0 Å². The molecule has 2 amide bonds. The zero-order valence-corrected chi connectivity index (χ0v) is 13.9. The number of halogens is 1. The summed E-state index contributed by atoms with van der Waals surface area (Å²) in [6.07, 6.45) is 0.691. The Kier molecular flexibility index (Phi) is 7.54. The molecule has 3 N–H and O–H groups in total. The zero-order chi connectivity index (χ0) is 17.4. The maximum Gasteiger partial charge on any atom is 0.308 e. The Bertz CT molecular complexity index is 560. The van der Waals surface area contributed by atoms with E-state index in [0.717, 1.165) is 0 Å². The average molecular weight is 341 g/mol. The smallest absolute Gasteiger partial charge is 0.308 e. The first kappa shape index (κ1) is 19.0. The fraction of sp³-hybridized carbons (Fsp3) is 0.438. The van der Waals surface area contributed by atoms with Gasteiger partial charge in [-0.3, -0.25) is 14.4 Å². The molecule has 0 aliphatic carbocycles. The maximum atomic E-state index is 11.8. The number of hydrogen-bond acceptors (Lipinski definition) is 3. The largest absolute Gasteiger partial charge is 0.481 e. The minimum Gasteiger partial charge on any atom is -0.481 e. The molecule has 0 spiro atoms. The number of aliphatic carboxylic acids is 1. The van der Waals surface area contributed by atoms with E-state index >= 15 is 0 Å². The molecular formula is C16H21ClN2O4. The summed E-state index contributed by atoms with van der Waals surface area (Å²) in [4.78, 5) is 34.3. The molecule has 0 radical (unpaired) electrons. The van der Waals surface area contributed by atoms with Crippen LogP contribution in [0.2, 0.25) is 5.02 Å². The molecule has 1 rings (SSSR count). The number of nitrogens with one attached hydrogen (secondary N) is 2. The molecule has 0 aromatic heterocycles. The summed E-state index contributed by atoms with van der Waals surface area (Å²) in [5.41, 5.74) is 0.503. The standard InChI is InChI=1S/C16H21ClN2O4/c1-10(16(22)23)11(2)19-14(20)4-3-9-18-15(21)12-5-7-13(17)8-6-12/h5-8,10-11H,3-4,9H2,1-2H3,(H,18,21)(H,19,20)(H,22,23). The highest BCUT2D eigenvalue weighted by atomic mass is 35.5. The fourth-order valence-electron chi connectivity index (χ4n) is 1.82. The second kappa shape index (κ2) is 9.15. The van der Waals surface area contributed by atoms with E-state index in [9.17, 15) is 14.4 Å². The molecule has 23 heavy (non-hydrogen) atoms. The summed E-state index contributed by atoms with van der Waals surface area (Å²) < 4.78 is 0. The van der Waals surface area contributed by atoms with Crippen molar-refractivity contribution < 1.29 is 19.5 Å². The molecule has 0 fully saturated rings. The van der Waals surface area contributed by atoms with Crippen LogP contribution in [-0.4, -0.2) is 35.5 Å². The second-order valence-corrected chi connectivity index (χ2v) is 5.79. The molecule has 126 valence electrons. The minimum atomic E-state index is -0.951. The molecule has 2 unspecified atom stereocenters. The van der Waals surface area contributed by atoms with Crippen LogP contribution in [-0.2, 0) is 9.59 Å². The zero-order valence-electron chi connectivity index (χ0n) is 13.1. The van der Waals surface area contributed by atoms with E-state index in [0.29, 0.717) is 23.6 Å². The lowest BCUT2D eigenvalue weighted by Crippen LogP contribution is -2.40. The first-order valence-electron chi connectivity index (χ1n) is 7.37. The number of rotatable bonds is 8. The van der Waals surface area contributed by atoms with Crippen molar-refractivity contribution in [3.8, 4) is 0 Å². The van der Waals surface area contributed by atoms with Crippen molar-refractivity contribution in [1.82, 2.24) is 10.6 Å². The number of carbonyl (C=O) groups excluding carboxylic acids is 2. The molecule has 0 bridgehead atoms. The van der Waals surface area contributed by atoms with Gasteiger partial charge in [0.1, 0.15) is 0 Å². The van der Waals surface area contributed by atoms with E-state index in [2.05, 4.69) is 10.6 Å². The molecule has 6 nitrogen and oxygen atoms in total. The van der Waals surface area contributed by atoms with Gasteiger partial charge in [0.2, 0.25) is 5.91 Å². The second-order valence-electron chi connectivity index (χ2n) is 5.35. The van der Waals surface area contributed by atoms with E-state index < -0.39 is 17.9 Å². The average Bonchev–Trinajstić information content (AvgIpc) is 2.51. The molecule has 0 aliphatic heterocycles. The Balaban J connectivity index is 2.26. The third-order valence-electron chi connectivity index (χ3n) is 3.50. The lowest BCUT2D eigenvalue weighted by Gasteiger charge is -2.17. The number of benzene rings is 1. The Labute approximate surface area is 140 Å². The lowest BCUT2D eigenvalue weighted by atomic mass is 10.0. The summed E-state index contributed by atoms with van der Waals surface area (Å²) in [5.74, 6) is -2.06. The third-order valence-corrected chi connectivity index (χ3v) is 3.75. The molecular weight excluding hydrogens is 320 g/mol. The molecule has 1 aromatic rings. The first-order valence-corrected chi connectivity index (χ1v) is 7.75. The molecule has 0 saturated heterocycles. The number of hydrogen-bond donors (Lipinski definition) is 3. The van der Waals surface area contributed by atoms with E-state index in [4.69, 9.17) is 16.7 Å². The predicted molar refractivity (Wildman–Crippen MR) is 87.4 cm³/mol. The van der Waals surface area contributed by atoms with Crippen molar-refractivity contribution in [3.05, 3.63) is 34.9 Å². The van der Waals surface area contributed by atoms with Crippen LogP contribution in [0.5, 0.6) is 0 Å². The SMILES string of the molecule is CC(NC(=O)CCCNC(=O)c1ccc(Cl)cc1)C(C)C(=O)O. The van der Waals surface area contributed by atoms with Crippen LogP contribution in [0.3, 0.4) is 0 Å². The van der Waals surface area contributed by atoms with Crippen LogP contribution in [0, 0.1) is 5.92 Å². The highest BCUT2D eigenvalue weighted by Gasteiger charge is 2.20. The molecule has 0 heterocycles. The maximum absolute atomic E-state index is 11.8. The number of carboxylic acids is 1. The van der Waals surface area contributed by atoms with Crippen LogP contribution in [0.25, 0.3) is 0 Å². The van der Waals surface area contributed by atoms with Gasteiger partial charge in [-0.15, -0.1) is 0 Å². The third kappa shape index (κ3) is 6.69. The topological polar surface area (TPSA) is 95.5 Å². The van der Waals surface area contributed by atoms with Gasteiger partial charge >= 0.3 is 5.97 Å². The van der Waals surface area contributed by atoms with Gasteiger partial charge in [0.05, 0.1) is 5.92 Å². The van der Waals surface area contributed by atoms with E-state index in [1.54, 1.807) is 38.1 Å². The quantitative estimate of drug-likeness (QED) is 0.631. The molecule has 0 aliphatic rings. The Hall–Kier alpha value is -2.08. The number of carbonyl (C=O) groups is 3. The van der Waals surface area contributed by atoms with Gasteiger partial charge in [0, 0.05) is 29.6 Å². The Morgan fingerprint density at radius 3 is 2.35 bits per heavy atom. The summed E-state index contributed by atoms with van der Waals surface area (Å²) in [6, 6.07) is 6.08. The van der Waals surface area contributed by atoms with Gasteiger partial charge in [0.15, 0.2) is 0 Å². The molecule has 1 aromatic carbocycles. The van der Waals surface area contributed by atoms with Crippen LogP contribution in [0.15, 0.2) is 24.3 Å². The van der Waals surface area contributed by atoms with Gasteiger partial charge in [-0.1, -0.05) is 11.6 Å². The van der Waals surface area contributed by atoms with Crippen LogP contribution in [0.4, 0.5) is 0 Å². The van der Waals surface area contributed by atoms with Crippen molar-refractivity contribution in [2.45, 2.75) is 32.7 Å². The van der Waals surface area contributed by atoms with Crippen molar-refractivity contribution in [1.29, 1.82) is 0 Å². The van der Waals surface area contributed by atoms with Gasteiger partial charge in [0.25, 0.3) is 5.91 Å². The molecule has 2 atom stereocenters. The summed E-state index contributed by atoms with van der Waals surface area (Å²) in [6.45, 7) is 3.55. The van der Waals surface area contributed by atoms with Gasteiger partial charge in [-0.25, -0.2) is 0 Å². The summed E-state index contributed by atoms with van der Waals surface area (Å²) in [7, 11) is 0. The molecule has 0 saturated carbocycles. The number of amides is 2. The Morgan fingerprint density at radius 2 is 1.78 bits per heavy atom. The van der Waals surface area contributed by atoms with Gasteiger partial charge in [-0.05, 0) is 44.5 Å². The van der Waals surface area contributed by atoms with E-state index in [-0.39, 0.29) is 18.2 Å². The van der Waals surface area contributed by atoms with Crippen LogP contribution in [0.1, 0.15) is 37.0 Å². The summed E-state index contributed by atoms with van der Waals surface area (Å²) >= 11 is 5.75. The van der Waals surface area contributed by atoms with Crippen molar-refractivity contribution in [2.24, 2.45) is 5.92 Å². The van der Waals surface area contributed by atoms with Gasteiger partial charge < -0.3 is 15.7 Å². The fourth-order valence-corrected chi connectivity index (χ4v) is 1.95. The minimum absolute atomic E-state index is 0.220. The monoisotopic (exact) mass is 340 g/mol.